The van der Waals surface area contributed by atoms with Crippen LogP contribution in [0.25, 0.3) is 6.08 Å². The lowest BCUT2D eigenvalue weighted by Crippen LogP contribution is -2.20. The number of benzene rings is 1. The number of hydrogen-bond donors (Lipinski definition) is 1. The molecule has 6 heteroatoms. The van der Waals surface area contributed by atoms with Crippen LogP contribution in [0.4, 0.5) is 0 Å². The SMILES string of the molecule is COc1cc(OC)c(OC)cc1CNC(=O)/C=C/c1ccc(C)s1. The maximum atomic E-state index is 12.0. The molecule has 1 aromatic heterocycles. The van der Waals surface area contributed by atoms with E-state index in [-0.39, 0.29) is 5.91 Å². The van der Waals surface area contributed by atoms with E-state index < -0.39 is 0 Å². The predicted molar refractivity (Wildman–Crippen MR) is 96.0 cm³/mol. The Labute approximate surface area is 145 Å². The van der Waals surface area contributed by atoms with Crippen LogP contribution in [0.15, 0.2) is 30.3 Å². The largest absolute Gasteiger partial charge is 0.496 e. The van der Waals surface area contributed by atoms with E-state index >= 15 is 0 Å². The van der Waals surface area contributed by atoms with E-state index in [0.29, 0.717) is 23.8 Å². The third-order valence-electron chi connectivity index (χ3n) is 3.40. The Bertz CT molecular complexity index is 737. The van der Waals surface area contributed by atoms with Crippen molar-refractivity contribution >= 4 is 23.3 Å². The van der Waals surface area contributed by atoms with Gasteiger partial charge in [-0.15, -0.1) is 11.3 Å². The van der Waals surface area contributed by atoms with Gasteiger partial charge in [0.2, 0.25) is 5.91 Å². The molecule has 1 amide bonds. The summed E-state index contributed by atoms with van der Waals surface area (Å²) in [6.07, 6.45) is 3.33. The van der Waals surface area contributed by atoms with Crippen molar-refractivity contribution in [2.24, 2.45) is 0 Å². The number of aryl methyl sites for hydroxylation is 1. The van der Waals surface area contributed by atoms with Gasteiger partial charge in [0.05, 0.1) is 21.3 Å². The minimum absolute atomic E-state index is 0.169. The fraction of sp³-hybridized carbons (Fsp3) is 0.278. The Balaban J connectivity index is 2.05. The van der Waals surface area contributed by atoms with Crippen molar-refractivity contribution in [1.82, 2.24) is 5.32 Å². The van der Waals surface area contributed by atoms with Crippen molar-refractivity contribution in [3.8, 4) is 17.2 Å². The number of hydrogen-bond acceptors (Lipinski definition) is 5. The molecular formula is C18H21NO4S. The van der Waals surface area contributed by atoms with Crippen LogP contribution >= 0.6 is 11.3 Å². The van der Waals surface area contributed by atoms with Gasteiger partial charge in [0.25, 0.3) is 0 Å². The molecule has 0 atom stereocenters. The number of ether oxygens (including phenoxy) is 3. The molecule has 1 N–H and O–H groups in total. The van der Waals surface area contributed by atoms with Gasteiger partial charge >= 0.3 is 0 Å². The van der Waals surface area contributed by atoms with Crippen LogP contribution in [0.1, 0.15) is 15.3 Å². The van der Waals surface area contributed by atoms with Gasteiger partial charge in [0.15, 0.2) is 11.5 Å². The third-order valence-corrected chi connectivity index (χ3v) is 4.37. The van der Waals surface area contributed by atoms with E-state index in [1.165, 1.54) is 11.0 Å². The Morgan fingerprint density at radius 3 is 2.33 bits per heavy atom. The van der Waals surface area contributed by atoms with Crippen molar-refractivity contribution in [3.05, 3.63) is 45.7 Å². The van der Waals surface area contributed by atoms with Gasteiger partial charge < -0.3 is 19.5 Å². The Morgan fingerprint density at radius 2 is 1.75 bits per heavy atom. The summed E-state index contributed by atoms with van der Waals surface area (Å²) in [6.45, 7) is 2.36. The lowest BCUT2D eigenvalue weighted by molar-refractivity contribution is -0.116. The van der Waals surface area contributed by atoms with Crippen molar-refractivity contribution in [1.29, 1.82) is 0 Å². The normalized spacial score (nSPS) is 10.7. The molecule has 0 unspecified atom stereocenters. The quantitative estimate of drug-likeness (QED) is 0.780. The highest BCUT2D eigenvalue weighted by molar-refractivity contribution is 7.12. The third kappa shape index (κ3) is 4.52. The van der Waals surface area contributed by atoms with Gasteiger partial charge in [-0.3, -0.25) is 4.79 Å². The predicted octanol–water partition coefficient (Wildman–Crippen LogP) is 3.41. The molecule has 1 aromatic carbocycles. The standard InChI is InChI=1S/C18H21NO4S/c1-12-5-6-14(24-12)7-8-18(20)19-11-13-9-16(22-3)17(23-4)10-15(13)21-2/h5-10H,11H2,1-4H3,(H,19,20)/b8-7+. The van der Waals surface area contributed by atoms with E-state index in [2.05, 4.69) is 5.32 Å². The van der Waals surface area contributed by atoms with Gasteiger partial charge in [0, 0.05) is 34.0 Å². The van der Waals surface area contributed by atoms with Crippen LogP contribution in [-0.2, 0) is 11.3 Å². The second-order valence-corrected chi connectivity index (χ2v) is 6.34. The zero-order valence-corrected chi connectivity index (χ0v) is 15.0. The Hall–Kier alpha value is -2.47. The number of amides is 1. The molecule has 0 saturated heterocycles. The first-order valence-corrected chi connectivity index (χ1v) is 8.20. The van der Waals surface area contributed by atoms with Gasteiger partial charge in [-0.05, 0) is 31.2 Å². The minimum atomic E-state index is -0.169. The van der Waals surface area contributed by atoms with E-state index in [1.807, 2.05) is 19.1 Å². The summed E-state index contributed by atoms with van der Waals surface area (Å²) in [4.78, 5) is 14.2. The molecule has 0 aliphatic carbocycles. The average molecular weight is 347 g/mol. The maximum Gasteiger partial charge on any atom is 0.244 e. The van der Waals surface area contributed by atoms with Gasteiger partial charge in [0.1, 0.15) is 5.75 Å². The highest BCUT2D eigenvalue weighted by atomic mass is 32.1. The fourth-order valence-corrected chi connectivity index (χ4v) is 2.95. The van der Waals surface area contributed by atoms with Crippen molar-refractivity contribution in [3.63, 3.8) is 0 Å². The molecule has 0 bridgehead atoms. The first kappa shape index (κ1) is 17.9. The number of thiophene rings is 1. The summed E-state index contributed by atoms with van der Waals surface area (Å²) in [7, 11) is 4.71. The monoisotopic (exact) mass is 347 g/mol. The molecule has 1 heterocycles. The minimum Gasteiger partial charge on any atom is -0.496 e. The molecule has 2 aromatic rings. The molecule has 0 saturated carbocycles. The number of carbonyl (C=O) groups is 1. The number of carbonyl (C=O) groups excluding carboxylic acids is 1. The number of nitrogens with one attached hydrogen (secondary N) is 1. The van der Waals surface area contributed by atoms with E-state index in [9.17, 15) is 4.79 Å². The van der Waals surface area contributed by atoms with Gasteiger partial charge in [-0.2, -0.15) is 0 Å². The van der Waals surface area contributed by atoms with Crippen molar-refractivity contribution in [2.45, 2.75) is 13.5 Å². The second kappa shape index (κ2) is 8.40. The smallest absolute Gasteiger partial charge is 0.244 e. The molecule has 24 heavy (non-hydrogen) atoms. The van der Waals surface area contributed by atoms with E-state index in [0.717, 1.165) is 10.4 Å². The highest BCUT2D eigenvalue weighted by Gasteiger charge is 2.12. The van der Waals surface area contributed by atoms with E-state index in [4.69, 9.17) is 14.2 Å². The Kier molecular flexibility index (Phi) is 6.26. The first-order valence-electron chi connectivity index (χ1n) is 7.38. The zero-order valence-electron chi connectivity index (χ0n) is 14.2. The summed E-state index contributed by atoms with van der Waals surface area (Å²) in [5.74, 6) is 1.63. The topological polar surface area (TPSA) is 56.8 Å². The first-order chi connectivity index (χ1) is 11.6. The van der Waals surface area contributed by atoms with Crippen LogP contribution < -0.4 is 19.5 Å². The molecule has 0 fully saturated rings. The molecule has 2 rings (SSSR count). The molecule has 5 nitrogen and oxygen atoms in total. The van der Waals surface area contributed by atoms with Gasteiger partial charge in [-0.25, -0.2) is 0 Å². The molecule has 0 aliphatic heterocycles. The summed E-state index contributed by atoms with van der Waals surface area (Å²) in [5.41, 5.74) is 0.809. The summed E-state index contributed by atoms with van der Waals surface area (Å²) in [5, 5.41) is 2.84. The lowest BCUT2D eigenvalue weighted by Gasteiger charge is -2.14. The van der Waals surface area contributed by atoms with Crippen LogP contribution in [0.3, 0.4) is 0 Å². The fourth-order valence-electron chi connectivity index (χ4n) is 2.17. The molecule has 0 radical (unpaired) electrons. The highest BCUT2D eigenvalue weighted by Crippen LogP contribution is 2.34. The van der Waals surface area contributed by atoms with E-state index in [1.54, 1.807) is 50.9 Å². The molecular weight excluding hydrogens is 326 g/mol. The molecule has 0 aliphatic rings. The van der Waals surface area contributed by atoms with Gasteiger partial charge in [-0.1, -0.05) is 0 Å². The second-order valence-electron chi connectivity index (χ2n) is 5.02. The maximum absolute atomic E-state index is 12.0. The zero-order chi connectivity index (χ0) is 17.5. The lowest BCUT2D eigenvalue weighted by atomic mass is 10.1. The van der Waals surface area contributed by atoms with Crippen LogP contribution in [-0.4, -0.2) is 27.2 Å². The molecule has 0 spiro atoms. The van der Waals surface area contributed by atoms with Crippen LogP contribution in [0.2, 0.25) is 0 Å². The van der Waals surface area contributed by atoms with Crippen molar-refractivity contribution in [2.75, 3.05) is 21.3 Å². The molecule has 128 valence electrons. The van der Waals surface area contributed by atoms with Crippen molar-refractivity contribution < 1.29 is 19.0 Å². The summed E-state index contributed by atoms with van der Waals surface area (Å²) < 4.78 is 15.9. The number of rotatable bonds is 7. The van der Waals surface area contributed by atoms with Crippen LogP contribution in [0.5, 0.6) is 17.2 Å². The Morgan fingerprint density at radius 1 is 1.08 bits per heavy atom. The summed E-state index contributed by atoms with van der Waals surface area (Å²) in [6, 6.07) is 7.55. The van der Waals surface area contributed by atoms with Crippen LogP contribution in [0, 0.1) is 6.92 Å². The average Bonchev–Trinajstić information content (AvgIpc) is 3.02. The number of methoxy groups -OCH3 is 3. The summed E-state index contributed by atoms with van der Waals surface area (Å²) >= 11 is 1.64.